The van der Waals surface area contributed by atoms with E-state index < -0.39 is 17.9 Å². The third-order valence-corrected chi connectivity index (χ3v) is 3.73. The van der Waals surface area contributed by atoms with Gasteiger partial charge in [0.1, 0.15) is 12.3 Å². The Labute approximate surface area is 154 Å². The average Bonchev–Trinajstić information content (AvgIpc) is 3.07. The van der Waals surface area contributed by atoms with E-state index in [1.165, 1.54) is 10.9 Å². The summed E-state index contributed by atoms with van der Waals surface area (Å²) in [5.41, 5.74) is 1.03. The Hall–Kier alpha value is -3.68. The standard InChI is InChI=1S/C19H16FN3O4/c1-12-9-21-23(10-12)17-7-14(18(24)25)16(8-15(17)20)22-19(26)27-11-13-5-3-2-4-6-13/h2-10H,11H2,1H3,(H,22,26)(H,24,25). The first kappa shape index (κ1) is 18.1. The van der Waals surface area contributed by atoms with E-state index in [-0.39, 0.29) is 23.5 Å². The van der Waals surface area contributed by atoms with Crippen LogP contribution in [0.15, 0.2) is 54.9 Å². The van der Waals surface area contributed by atoms with Crippen molar-refractivity contribution in [1.82, 2.24) is 9.78 Å². The van der Waals surface area contributed by atoms with E-state index in [9.17, 15) is 19.1 Å². The molecule has 0 bridgehead atoms. The zero-order chi connectivity index (χ0) is 19.4. The molecule has 1 heterocycles. The van der Waals surface area contributed by atoms with Crippen molar-refractivity contribution in [3.05, 3.63) is 77.4 Å². The van der Waals surface area contributed by atoms with Crippen molar-refractivity contribution >= 4 is 17.7 Å². The maximum atomic E-state index is 14.4. The van der Waals surface area contributed by atoms with Crippen LogP contribution in [0.5, 0.6) is 0 Å². The number of aryl methyl sites for hydroxylation is 1. The van der Waals surface area contributed by atoms with Crippen LogP contribution in [0.2, 0.25) is 0 Å². The van der Waals surface area contributed by atoms with Gasteiger partial charge in [-0.2, -0.15) is 5.10 Å². The summed E-state index contributed by atoms with van der Waals surface area (Å²) in [7, 11) is 0. The van der Waals surface area contributed by atoms with Crippen molar-refractivity contribution in [1.29, 1.82) is 0 Å². The number of nitrogens with zero attached hydrogens (tertiary/aromatic N) is 2. The summed E-state index contributed by atoms with van der Waals surface area (Å²) >= 11 is 0. The van der Waals surface area contributed by atoms with E-state index in [4.69, 9.17) is 4.74 Å². The second-order valence-corrected chi connectivity index (χ2v) is 5.80. The van der Waals surface area contributed by atoms with Crippen molar-refractivity contribution < 1.29 is 23.8 Å². The molecule has 3 aromatic rings. The van der Waals surface area contributed by atoms with Gasteiger partial charge in [0.2, 0.25) is 0 Å². The van der Waals surface area contributed by atoms with Gasteiger partial charge in [-0.1, -0.05) is 30.3 Å². The number of halogens is 1. The molecule has 0 unspecified atom stereocenters. The normalized spacial score (nSPS) is 10.4. The molecule has 3 rings (SSSR count). The van der Waals surface area contributed by atoms with E-state index in [0.717, 1.165) is 23.3 Å². The minimum atomic E-state index is -1.32. The molecule has 0 fully saturated rings. The number of aromatic carboxylic acids is 1. The first-order valence-electron chi connectivity index (χ1n) is 8.00. The first-order valence-corrected chi connectivity index (χ1v) is 8.00. The lowest BCUT2D eigenvalue weighted by molar-refractivity contribution is 0.0698. The van der Waals surface area contributed by atoms with Crippen LogP contribution in [0.4, 0.5) is 14.9 Å². The number of hydrogen-bond acceptors (Lipinski definition) is 4. The van der Waals surface area contributed by atoms with E-state index in [0.29, 0.717) is 0 Å². The summed E-state index contributed by atoms with van der Waals surface area (Å²) in [5, 5.41) is 15.7. The van der Waals surface area contributed by atoms with Crippen LogP contribution in [0.3, 0.4) is 0 Å². The third kappa shape index (κ3) is 4.30. The van der Waals surface area contributed by atoms with Gasteiger partial charge < -0.3 is 9.84 Å². The molecule has 8 heteroatoms. The fourth-order valence-corrected chi connectivity index (χ4v) is 2.43. The van der Waals surface area contributed by atoms with Crippen molar-refractivity contribution in [2.75, 3.05) is 5.32 Å². The highest BCUT2D eigenvalue weighted by Gasteiger charge is 2.19. The average molecular weight is 369 g/mol. The number of aromatic nitrogens is 2. The highest BCUT2D eigenvalue weighted by atomic mass is 19.1. The van der Waals surface area contributed by atoms with Gasteiger partial charge in [-0.05, 0) is 24.1 Å². The Bertz CT molecular complexity index is 986. The van der Waals surface area contributed by atoms with Crippen LogP contribution >= 0.6 is 0 Å². The van der Waals surface area contributed by atoms with Crippen molar-refractivity contribution in [2.24, 2.45) is 0 Å². The van der Waals surface area contributed by atoms with Gasteiger partial charge in [0.05, 0.1) is 17.4 Å². The van der Waals surface area contributed by atoms with Gasteiger partial charge >= 0.3 is 12.1 Å². The predicted octanol–water partition coefficient (Wildman–Crippen LogP) is 3.77. The van der Waals surface area contributed by atoms with Crippen molar-refractivity contribution in [2.45, 2.75) is 13.5 Å². The molecule has 0 aliphatic rings. The molecule has 2 N–H and O–H groups in total. The Morgan fingerprint density at radius 1 is 1.26 bits per heavy atom. The monoisotopic (exact) mass is 369 g/mol. The van der Waals surface area contributed by atoms with Gasteiger partial charge in [-0.3, -0.25) is 5.32 Å². The summed E-state index contributed by atoms with van der Waals surface area (Å²) in [4.78, 5) is 23.5. The number of anilines is 1. The van der Waals surface area contributed by atoms with Crippen LogP contribution in [-0.2, 0) is 11.3 Å². The number of ether oxygens (including phenoxy) is 1. The smallest absolute Gasteiger partial charge is 0.411 e. The minimum absolute atomic E-state index is 0.00219. The van der Waals surface area contributed by atoms with Crippen molar-refractivity contribution in [3.8, 4) is 5.69 Å². The van der Waals surface area contributed by atoms with Crippen LogP contribution < -0.4 is 5.32 Å². The SMILES string of the molecule is Cc1cnn(-c2cc(C(=O)O)c(NC(=O)OCc3ccccc3)cc2F)c1. The Morgan fingerprint density at radius 3 is 2.63 bits per heavy atom. The summed E-state index contributed by atoms with van der Waals surface area (Å²) in [6.07, 6.45) is 2.20. The maximum absolute atomic E-state index is 14.4. The highest BCUT2D eigenvalue weighted by Crippen LogP contribution is 2.24. The Morgan fingerprint density at radius 2 is 2.00 bits per heavy atom. The number of carbonyl (C=O) groups excluding carboxylic acids is 1. The van der Waals surface area contributed by atoms with Crippen LogP contribution in [-0.4, -0.2) is 26.9 Å². The number of carbonyl (C=O) groups is 2. The topological polar surface area (TPSA) is 93.5 Å². The van der Waals surface area contributed by atoms with Crippen LogP contribution in [0.1, 0.15) is 21.5 Å². The molecule has 27 heavy (non-hydrogen) atoms. The fraction of sp³-hybridized carbons (Fsp3) is 0.105. The Kier molecular flexibility index (Phi) is 5.16. The summed E-state index contributed by atoms with van der Waals surface area (Å²) < 4.78 is 20.7. The molecule has 1 amide bonds. The number of rotatable bonds is 5. The second kappa shape index (κ2) is 7.69. The molecular weight excluding hydrogens is 353 g/mol. The van der Waals surface area contributed by atoms with Crippen LogP contribution in [0, 0.1) is 12.7 Å². The Balaban J connectivity index is 1.81. The molecular formula is C19H16FN3O4. The summed E-state index contributed by atoms with van der Waals surface area (Å²) in [5.74, 6) is -2.06. The van der Waals surface area contributed by atoms with E-state index in [2.05, 4.69) is 10.4 Å². The van der Waals surface area contributed by atoms with E-state index >= 15 is 0 Å². The van der Waals surface area contributed by atoms with Gasteiger partial charge in [0.15, 0.2) is 5.82 Å². The zero-order valence-corrected chi connectivity index (χ0v) is 14.3. The lowest BCUT2D eigenvalue weighted by Crippen LogP contribution is -2.17. The number of carboxylic acid groups (broad SMARTS) is 1. The number of carboxylic acids is 1. The summed E-state index contributed by atoms with van der Waals surface area (Å²) in [6.45, 7) is 1.78. The van der Waals surface area contributed by atoms with Crippen LogP contribution in [0.25, 0.3) is 5.69 Å². The number of benzene rings is 2. The lowest BCUT2D eigenvalue weighted by atomic mass is 10.1. The number of amides is 1. The quantitative estimate of drug-likeness (QED) is 0.714. The zero-order valence-electron chi connectivity index (χ0n) is 14.3. The minimum Gasteiger partial charge on any atom is -0.478 e. The molecule has 0 aliphatic carbocycles. The molecule has 0 saturated heterocycles. The van der Waals surface area contributed by atoms with E-state index in [1.807, 2.05) is 6.07 Å². The molecule has 0 aliphatic heterocycles. The largest absolute Gasteiger partial charge is 0.478 e. The number of hydrogen-bond donors (Lipinski definition) is 2. The molecule has 0 radical (unpaired) electrons. The second-order valence-electron chi connectivity index (χ2n) is 5.80. The van der Waals surface area contributed by atoms with Gasteiger partial charge in [-0.15, -0.1) is 0 Å². The highest BCUT2D eigenvalue weighted by molar-refractivity contribution is 5.99. The summed E-state index contributed by atoms with van der Waals surface area (Å²) in [6, 6.07) is 11.0. The van der Waals surface area contributed by atoms with Gasteiger partial charge in [0.25, 0.3) is 0 Å². The molecule has 138 valence electrons. The first-order chi connectivity index (χ1) is 12.9. The third-order valence-electron chi connectivity index (χ3n) is 3.73. The van der Waals surface area contributed by atoms with E-state index in [1.54, 1.807) is 37.4 Å². The molecule has 0 saturated carbocycles. The van der Waals surface area contributed by atoms with Crippen molar-refractivity contribution in [3.63, 3.8) is 0 Å². The predicted molar refractivity (Wildman–Crippen MR) is 95.5 cm³/mol. The van der Waals surface area contributed by atoms with Gasteiger partial charge in [-0.25, -0.2) is 18.7 Å². The molecule has 7 nitrogen and oxygen atoms in total. The number of nitrogens with one attached hydrogen (secondary N) is 1. The fourth-order valence-electron chi connectivity index (χ4n) is 2.43. The molecule has 0 spiro atoms. The lowest BCUT2D eigenvalue weighted by Gasteiger charge is -2.12. The molecule has 0 atom stereocenters. The van der Waals surface area contributed by atoms with Gasteiger partial charge in [0, 0.05) is 12.3 Å². The molecule has 1 aromatic heterocycles. The molecule has 2 aromatic carbocycles. The maximum Gasteiger partial charge on any atom is 0.411 e.